The molecule has 2 aromatic heterocycles. The van der Waals surface area contributed by atoms with E-state index in [1.807, 2.05) is 53.2 Å². The third-order valence-corrected chi connectivity index (χ3v) is 3.62. The lowest BCUT2D eigenvalue weighted by Gasteiger charge is -2.15. The quantitative estimate of drug-likeness (QED) is 0.756. The number of aromatic nitrogens is 3. The number of ether oxygens (including phenoxy) is 1. The summed E-state index contributed by atoms with van der Waals surface area (Å²) in [6, 6.07) is 13.2. The van der Waals surface area contributed by atoms with E-state index < -0.39 is 6.10 Å². The maximum Gasteiger partial charge on any atom is 0.254 e. The number of imidazole rings is 1. The third kappa shape index (κ3) is 3.67. The van der Waals surface area contributed by atoms with Gasteiger partial charge in [-0.1, -0.05) is 30.3 Å². The Hall–Kier alpha value is -2.99. The number of amides is 1. The molecule has 0 aliphatic rings. The van der Waals surface area contributed by atoms with Crippen LogP contribution in [0.25, 0.3) is 5.82 Å². The first-order chi connectivity index (χ1) is 11.8. The Morgan fingerprint density at radius 1 is 1.25 bits per heavy atom. The predicted octanol–water partition coefficient (Wildman–Crippen LogP) is 2.27. The van der Waals surface area contributed by atoms with Gasteiger partial charge in [0.25, 0.3) is 5.91 Å². The van der Waals surface area contributed by atoms with Gasteiger partial charge in [0, 0.05) is 32.2 Å². The molecule has 2 heterocycles. The maximum absolute atomic E-state index is 12.4. The van der Waals surface area contributed by atoms with E-state index >= 15 is 0 Å². The molecule has 3 rings (SSSR count). The van der Waals surface area contributed by atoms with Gasteiger partial charge >= 0.3 is 0 Å². The summed E-state index contributed by atoms with van der Waals surface area (Å²) in [6.07, 6.45) is 6.28. The van der Waals surface area contributed by atoms with Gasteiger partial charge in [0.2, 0.25) is 0 Å². The molecule has 1 unspecified atom stereocenters. The van der Waals surface area contributed by atoms with Crippen molar-refractivity contribution in [3.8, 4) is 5.82 Å². The molecule has 0 bridgehead atoms. The van der Waals surface area contributed by atoms with Crippen LogP contribution < -0.4 is 5.32 Å². The van der Waals surface area contributed by atoms with E-state index in [1.54, 1.807) is 18.7 Å². The SMILES string of the molecule is COC(C(=O)NCc1ccnc(-n2ccnc2)c1)c1ccccc1. The zero-order valence-electron chi connectivity index (χ0n) is 13.3. The van der Waals surface area contributed by atoms with Crippen LogP contribution in [0.5, 0.6) is 0 Å². The van der Waals surface area contributed by atoms with Gasteiger partial charge in [-0.2, -0.15) is 0 Å². The van der Waals surface area contributed by atoms with Gasteiger partial charge in [-0.3, -0.25) is 9.36 Å². The molecule has 6 heteroatoms. The van der Waals surface area contributed by atoms with Crippen LogP contribution in [0.4, 0.5) is 0 Å². The first-order valence-corrected chi connectivity index (χ1v) is 7.56. The monoisotopic (exact) mass is 322 g/mol. The summed E-state index contributed by atoms with van der Waals surface area (Å²) in [5.41, 5.74) is 1.77. The Bertz CT molecular complexity index is 788. The van der Waals surface area contributed by atoms with Crippen molar-refractivity contribution in [1.29, 1.82) is 0 Å². The number of hydrogen-bond donors (Lipinski definition) is 1. The van der Waals surface area contributed by atoms with Crippen LogP contribution in [-0.4, -0.2) is 27.6 Å². The predicted molar refractivity (Wildman–Crippen MR) is 89.4 cm³/mol. The Morgan fingerprint density at radius 3 is 2.79 bits per heavy atom. The smallest absolute Gasteiger partial charge is 0.254 e. The van der Waals surface area contributed by atoms with Crippen LogP contribution in [0.15, 0.2) is 67.4 Å². The second-order valence-corrected chi connectivity index (χ2v) is 5.24. The van der Waals surface area contributed by atoms with Crippen molar-refractivity contribution in [2.75, 3.05) is 7.11 Å². The summed E-state index contributed by atoms with van der Waals surface area (Å²) < 4.78 is 7.15. The minimum atomic E-state index is -0.624. The van der Waals surface area contributed by atoms with Crippen molar-refractivity contribution in [3.05, 3.63) is 78.5 Å². The van der Waals surface area contributed by atoms with Crippen LogP contribution in [0.3, 0.4) is 0 Å². The molecule has 1 amide bonds. The number of hydrogen-bond acceptors (Lipinski definition) is 4. The fourth-order valence-electron chi connectivity index (χ4n) is 2.41. The van der Waals surface area contributed by atoms with Gasteiger partial charge in [-0.25, -0.2) is 9.97 Å². The number of nitrogens with one attached hydrogen (secondary N) is 1. The number of nitrogens with zero attached hydrogens (tertiary/aromatic N) is 3. The van der Waals surface area contributed by atoms with Crippen LogP contribution in [-0.2, 0) is 16.1 Å². The molecule has 3 aromatic rings. The van der Waals surface area contributed by atoms with Gasteiger partial charge in [0.1, 0.15) is 12.1 Å². The second-order valence-electron chi connectivity index (χ2n) is 5.24. The van der Waals surface area contributed by atoms with Gasteiger partial charge in [-0.15, -0.1) is 0 Å². The van der Waals surface area contributed by atoms with Gasteiger partial charge < -0.3 is 10.1 Å². The van der Waals surface area contributed by atoms with Crippen molar-refractivity contribution >= 4 is 5.91 Å². The Kier molecular flexibility index (Phi) is 4.98. The molecule has 6 nitrogen and oxygen atoms in total. The summed E-state index contributed by atoms with van der Waals surface area (Å²) in [5, 5.41) is 2.90. The highest BCUT2D eigenvalue weighted by molar-refractivity contribution is 5.82. The van der Waals surface area contributed by atoms with E-state index in [0.717, 1.165) is 16.9 Å². The number of rotatable bonds is 6. The van der Waals surface area contributed by atoms with E-state index in [-0.39, 0.29) is 5.91 Å². The maximum atomic E-state index is 12.4. The summed E-state index contributed by atoms with van der Waals surface area (Å²) in [6.45, 7) is 0.399. The van der Waals surface area contributed by atoms with Gasteiger partial charge in [-0.05, 0) is 23.3 Å². The molecule has 0 spiro atoms. The second kappa shape index (κ2) is 7.52. The minimum Gasteiger partial charge on any atom is -0.367 e. The van der Waals surface area contributed by atoms with Crippen LogP contribution >= 0.6 is 0 Å². The lowest BCUT2D eigenvalue weighted by molar-refractivity contribution is -0.131. The number of carbonyl (C=O) groups excluding carboxylic acids is 1. The molecule has 1 atom stereocenters. The van der Waals surface area contributed by atoms with E-state index in [4.69, 9.17) is 4.74 Å². The highest BCUT2D eigenvalue weighted by atomic mass is 16.5. The van der Waals surface area contributed by atoms with Gasteiger partial charge in [0.15, 0.2) is 6.10 Å². The third-order valence-electron chi connectivity index (χ3n) is 3.62. The number of pyridine rings is 1. The fraction of sp³-hybridized carbons (Fsp3) is 0.167. The fourth-order valence-corrected chi connectivity index (χ4v) is 2.41. The van der Waals surface area contributed by atoms with E-state index in [1.165, 1.54) is 7.11 Å². The number of methoxy groups -OCH3 is 1. The molecular weight excluding hydrogens is 304 g/mol. The Morgan fingerprint density at radius 2 is 2.08 bits per heavy atom. The van der Waals surface area contributed by atoms with E-state index in [9.17, 15) is 4.79 Å². The van der Waals surface area contributed by atoms with Crippen LogP contribution in [0.2, 0.25) is 0 Å². The molecule has 1 aromatic carbocycles. The average molecular weight is 322 g/mol. The molecule has 0 fully saturated rings. The van der Waals surface area contributed by atoms with Crippen molar-refractivity contribution in [1.82, 2.24) is 19.9 Å². The summed E-state index contributed by atoms with van der Waals surface area (Å²) in [4.78, 5) is 20.7. The topological polar surface area (TPSA) is 69.0 Å². The normalized spacial score (nSPS) is 11.9. The Balaban J connectivity index is 1.67. The van der Waals surface area contributed by atoms with E-state index in [2.05, 4.69) is 15.3 Å². The van der Waals surface area contributed by atoms with Gasteiger partial charge in [0.05, 0.1) is 0 Å². The minimum absolute atomic E-state index is 0.176. The zero-order valence-corrected chi connectivity index (χ0v) is 13.3. The average Bonchev–Trinajstić information content (AvgIpc) is 3.16. The van der Waals surface area contributed by atoms with E-state index in [0.29, 0.717) is 6.54 Å². The highest BCUT2D eigenvalue weighted by Crippen LogP contribution is 2.16. The van der Waals surface area contributed by atoms with Crippen LogP contribution in [0.1, 0.15) is 17.2 Å². The molecule has 122 valence electrons. The molecular formula is C18H18N4O2. The standard InChI is InChI=1S/C18H18N4O2/c1-24-17(15-5-3-2-4-6-15)18(23)21-12-14-7-8-20-16(11-14)22-10-9-19-13-22/h2-11,13,17H,12H2,1H3,(H,21,23). The zero-order chi connectivity index (χ0) is 16.8. The highest BCUT2D eigenvalue weighted by Gasteiger charge is 2.19. The molecule has 24 heavy (non-hydrogen) atoms. The van der Waals surface area contributed by atoms with Crippen molar-refractivity contribution < 1.29 is 9.53 Å². The van der Waals surface area contributed by atoms with Crippen molar-refractivity contribution in [2.45, 2.75) is 12.6 Å². The molecule has 0 saturated carbocycles. The first kappa shape index (κ1) is 15.9. The number of benzene rings is 1. The molecule has 0 aliphatic heterocycles. The first-order valence-electron chi connectivity index (χ1n) is 7.56. The summed E-state index contributed by atoms with van der Waals surface area (Å²) in [7, 11) is 1.53. The largest absolute Gasteiger partial charge is 0.367 e. The summed E-state index contributed by atoms with van der Waals surface area (Å²) >= 11 is 0. The summed E-state index contributed by atoms with van der Waals surface area (Å²) in [5.74, 6) is 0.579. The molecule has 0 radical (unpaired) electrons. The Labute approximate surface area is 140 Å². The molecule has 0 saturated heterocycles. The lowest BCUT2D eigenvalue weighted by atomic mass is 10.1. The van der Waals surface area contributed by atoms with Crippen molar-refractivity contribution in [2.24, 2.45) is 0 Å². The molecule has 1 N–H and O–H groups in total. The lowest BCUT2D eigenvalue weighted by Crippen LogP contribution is -2.30. The number of carbonyl (C=O) groups is 1. The van der Waals surface area contributed by atoms with Crippen LogP contribution in [0, 0.1) is 0 Å². The van der Waals surface area contributed by atoms with Crippen molar-refractivity contribution in [3.63, 3.8) is 0 Å². The molecule has 0 aliphatic carbocycles.